The molecule has 0 radical (unpaired) electrons. The summed E-state index contributed by atoms with van der Waals surface area (Å²) < 4.78 is 34.0. The van der Waals surface area contributed by atoms with Gasteiger partial charge in [0.15, 0.2) is 5.65 Å². The van der Waals surface area contributed by atoms with Gasteiger partial charge in [0.25, 0.3) is 5.91 Å². The molecule has 3 aliphatic rings. The minimum absolute atomic E-state index is 0.124. The molecule has 0 bridgehead atoms. The monoisotopic (exact) mass is 663 g/mol. The molecular formula is C38H39F2N7O2. The van der Waals surface area contributed by atoms with Gasteiger partial charge in [-0.1, -0.05) is 6.07 Å². The lowest BCUT2D eigenvalue weighted by Gasteiger charge is -2.31. The number of rotatable bonds is 8. The first-order chi connectivity index (χ1) is 24.0. The number of hydrogen-bond donors (Lipinski definition) is 4. The molecule has 11 heteroatoms. The number of imidazole rings is 1. The Balaban J connectivity index is 1.11. The molecule has 5 aromatic rings. The fourth-order valence-electron chi connectivity index (χ4n) is 7.45. The van der Waals surface area contributed by atoms with Crippen molar-refractivity contribution >= 4 is 28.4 Å². The van der Waals surface area contributed by atoms with Crippen molar-refractivity contribution < 1.29 is 18.3 Å². The van der Waals surface area contributed by atoms with E-state index in [2.05, 4.69) is 60.1 Å². The third kappa shape index (κ3) is 6.73. The van der Waals surface area contributed by atoms with Crippen molar-refractivity contribution in [3.05, 3.63) is 107 Å². The largest absolute Gasteiger partial charge is 0.381 e. The van der Waals surface area contributed by atoms with E-state index in [1.807, 2.05) is 12.1 Å². The molecule has 2 saturated heterocycles. The number of H-pyrrole nitrogens is 1. The number of fused-ring (bicyclic) bond motifs is 2. The molecule has 2 aromatic heterocycles. The lowest BCUT2D eigenvalue weighted by Crippen LogP contribution is -2.43. The molecule has 49 heavy (non-hydrogen) atoms. The summed E-state index contributed by atoms with van der Waals surface area (Å²) in [6, 6.07) is 16.0. The van der Waals surface area contributed by atoms with Crippen LogP contribution in [0.1, 0.15) is 57.9 Å². The average Bonchev–Trinajstić information content (AvgIpc) is 3.74. The molecule has 2 aliphatic heterocycles. The van der Waals surface area contributed by atoms with E-state index in [1.165, 1.54) is 12.1 Å². The fourth-order valence-corrected chi connectivity index (χ4v) is 7.45. The Morgan fingerprint density at radius 1 is 0.959 bits per heavy atom. The van der Waals surface area contributed by atoms with Crippen molar-refractivity contribution in [2.24, 2.45) is 0 Å². The highest BCUT2D eigenvalue weighted by Crippen LogP contribution is 2.39. The number of aryl methyl sites for hydroxylation is 1. The van der Waals surface area contributed by atoms with Gasteiger partial charge in [0.05, 0.1) is 23.4 Å². The van der Waals surface area contributed by atoms with E-state index in [9.17, 15) is 13.6 Å². The number of ether oxygens (including phenoxy) is 1. The van der Waals surface area contributed by atoms with Gasteiger partial charge in [-0.25, -0.2) is 18.7 Å². The summed E-state index contributed by atoms with van der Waals surface area (Å²) in [4.78, 5) is 28.4. The Morgan fingerprint density at radius 3 is 2.59 bits per heavy atom. The number of benzene rings is 3. The summed E-state index contributed by atoms with van der Waals surface area (Å²) >= 11 is 0. The van der Waals surface area contributed by atoms with E-state index < -0.39 is 11.6 Å². The Morgan fingerprint density at radius 2 is 1.78 bits per heavy atom. The van der Waals surface area contributed by atoms with Gasteiger partial charge in [-0.3, -0.25) is 4.79 Å². The average molecular weight is 664 g/mol. The Kier molecular flexibility index (Phi) is 8.69. The predicted molar refractivity (Wildman–Crippen MR) is 186 cm³/mol. The molecule has 3 aromatic carbocycles. The van der Waals surface area contributed by atoms with Crippen molar-refractivity contribution in [1.29, 1.82) is 0 Å². The maximum atomic E-state index is 14.2. The van der Waals surface area contributed by atoms with E-state index in [1.54, 1.807) is 12.5 Å². The molecule has 1 amide bonds. The topological polar surface area (TPSA) is 107 Å². The van der Waals surface area contributed by atoms with Crippen molar-refractivity contribution in [3.8, 4) is 11.1 Å². The van der Waals surface area contributed by atoms with Crippen LogP contribution in [0.3, 0.4) is 0 Å². The predicted octanol–water partition coefficient (Wildman–Crippen LogP) is 5.91. The third-order valence-electron chi connectivity index (χ3n) is 9.96. The van der Waals surface area contributed by atoms with Gasteiger partial charge in [0.1, 0.15) is 11.6 Å². The zero-order valence-corrected chi connectivity index (χ0v) is 27.2. The van der Waals surface area contributed by atoms with Crippen molar-refractivity contribution in [3.63, 3.8) is 0 Å². The number of piperazine rings is 1. The second kappa shape index (κ2) is 13.6. The number of halogens is 2. The van der Waals surface area contributed by atoms with Crippen LogP contribution < -0.4 is 20.9 Å². The Labute approximate surface area is 283 Å². The minimum atomic E-state index is -0.604. The van der Waals surface area contributed by atoms with Crippen LogP contribution in [0, 0.1) is 11.6 Å². The van der Waals surface area contributed by atoms with Crippen LogP contribution in [0.2, 0.25) is 0 Å². The lowest BCUT2D eigenvalue weighted by atomic mass is 9.91. The van der Waals surface area contributed by atoms with Crippen LogP contribution in [0.5, 0.6) is 0 Å². The molecule has 2 fully saturated rings. The van der Waals surface area contributed by atoms with Crippen LogP contribution in [0.25, 0.3) is 22.3 Å². The summed E-state index contributed by atoms with van der Waals surface area (Å²) in [5, 5.41) is 10.5. The van der Waals surface area contributed by atoms with Crippen molar-refractivity contribution in [2.75, 3.05) is 49.6 Å². The number of aromatic nitrogens is 3. The first-order valence-electron chi connectivity index (χ1n) is 17.1. The van der Waals surface area contributed by atoms with Gasteiger partial charge in [-0.2, -0.15) is 0 Å². The third-order valence-corrected chi connectivity index (χ3v) is 9.96. The summed E-state index contributed by atoms with van der Waals surface area (Å²) in [5.41, 5.74) is 9.37. The van der Waals surface area contributed by atoms with Crippen LogP contribution in [-0.4, -0.2) is 66.3 Å². The van der Waals surface area contributed by atoms with Gasteiger partial charge in [0, 0.05) is 74.6 Å². The van der Waals surface area contributed by atoms with Gasteiger partial charge in [-0.05, 0) is 102 Å². The number of anilines is 2. The lowest BCUT2D eigenvalue weighted by molar-refractivity contribution is 0.0903. The highest BCUT2D eigenvalue weighted by Gasteiger charge is 2.28. The molecule has 1 atom stereocenters. The zero-order chi connectivity index (χ0) is 33.3. The van der Waals surface area contributed by atoms with Crippen molar-refractivity contribution in [1.82, 2.24) is 25.6 Å². The van der Waals surface area contributed by atoms with E-state index in [-0.39, 0.29) is 18.0 Å². The molecule has 1 unspecified atom stereocenters. The van der Waals surface area contributed by atoms with E-state index in [0.29, 0.717) is 36.4 Å². The number of amides is 1. The summed E-state index contributed by atoms with van der Waals surface area (Å²) in [7, 11) is 0. The molecule has 8 rings (SSSR count). The first kappa shape index (κ1) is 31.4. The standard InChI is InChI=1S/C38H39F2N7O2/c39-27-14-23(15-28(40)18-27)13-25-16-24-1-4-34(33(24)20-32(25)26-17-36-37(42-21-26)44-22-43-36)46-38(48)31-3-2-30(47-9-7-41-8-10-47)19-35(31)45-29-5-11-49-12-6-29/h2-3,14-22,29,34,41,45H,1,4-13H2,(H,46,48)(H,42,43,44). The summed E-state index contributed by atoms with van der Waals surface area (Å²) in [5.74, 6) is -1.33. The van der Waals surface area contributed by atoms with E-state index in [4.69, 9.17) is 4.74 Å². The number of pyridine rings is 1. The van der Waals surface area contributed by atoms with Crippen LogP contribution >= 0.6 is 0 Å². The number of hydrogen-bond acceptors (Lipinski definition) is 7. The quantitative estimate of drug-likeness (QED) is 0.164. The van der Waals surface area contributed by atoms with E-state index >= 15 is 0 Å². The molecule has 0 spiro atoms. The number of nitrogens with one attached hydrogen (secondary N) is 4. The van der Waals surface area contributed by atoms with Crippen LogP contribution in [0.15, 0.2) is 67.1 Å². The van der Waals surface area contributed by atoms with Crippen molar-refractivity contribution in [2.45, 2.75) is 44.2 Å². The first-order valence-corrected chi connectivity index (χ1v) is 17.1. The van der Waals surface area contributed by atoms with Gasteiger partial charge in [0.2, 0.25) is 0 Å². The number of aromatic amines is 1. The smallest absolute Gasteiger partial charge is 0.253 e. The Bertz CT molecular complexity index is 1980. The fraction of sp³-hybridized carbons (Fsp3) is 0.342. The van der Waals surface area contributed by atoms with Gasteiger partial charge >= 0.3 is 0 Å². The minimum Gasteiger partial charge on any atom is -0.381 e. The second-order valence-corrected chi connectivity index (χ2v) is 13.2. The summed E-state index contributed by atoms with van der Waals surface area (Å²) in [6.07, 6.45) is 7.03. The Hall–Kier alpha value is -4.87. The number of carbonyl (C=O) groups excluding carboxylic acids is 1. The molecule has 252 valence electrons. The molecule has 0 saturated carbocycles. The maximum absolute atomic E-state index is 14.2. The molecular weight excluding hydrogens is 624 g/mol. The highest BCUT2D eigenvalue weighted by atomic mass is 19.1. The zero-order valence-electron chi connectivity index (χ0n) is 27.2. The second-order valence-electron chi connectivity index (χ2n) is 13.2. The number of nitrogens with zero attached hydrogens (tertiary/aromatic N) is 3. The maximum Gasteiger partial charge on any atom is 0.253 e. The van der Waals surface area contributed by atoms with Gasteiger partial charge in [-0.15, -0.1) is 0 Å². The SMILES string of the molecule is O=C(NC1CCc2cc(Cc3cc(F)cc(F)c3)c(-c3cnc4nc[nH]c4c3)cc21)c1ccc(N2CCNCC2)cc1NC1CCOCC1. The molecule has 4 heterocycles. The summed E-state index contributed by atoms with van der Waals surface area (Å²) in [6.45, 7) is 5.11. The molecule has 9 nitrogen and oxygen atoms in total. The van der Waals surface area contributed by atoms with E-state index in [0.717, 1.165) is 103 Å². The molecule has 4 N–H and O–H groups in total. The molecule has 1 aliphatic carbocycles. The van der Waals surface area contributed by atoms with Gasteiger partial charge < -0.3 is 30.6 Å². The van der Waals surface area contributed by atoms with Crippen LogP contribution in [0.4, 0.5) is 20.2 Å². The van der Waals surface area contributed by atoms with Crippen LogP contribution in [-0.2, 0) is 17.6 Å². The number of carbonyl (C=O) groups is 1. The highest BCUT2D eigenvalue weighted by molar-refractivity contribution is 6.00. The normalized spacial score (nSPS) is 18.1.